The molecule has 0 aromatic rings. The van der Waals surface area contributed by atoms with Crippen LogP contribution >= 0.6 is 0 Å². The van der Waals surface area contributed by atoms with E-state index in [1.54, 1.807) is 0 Å². The number of nitrogens with one attached hydrogen (secondary N) is 1. The molecule has 3 heteroatoms. The van der Waals surface area contributed by atoms with Gasteiger partial charge in [-0.3, -0.25) is 0 Å². The Morgan fingerprint density at radius 2 is 2.00 bits per heavy atom. The highest BCUT2D eigenvalue weighted by Crippen LogP contribution is 2.43. The number of ether oxygens (including phenoxy) is 1. The van der Waals surface area contributed by atoms with E-state index in [0.717, 1.165) is 32.1 Å². The van der Waals surface area contributed by atoms with E-state index >= 15 is 0 Å². The van der Waals surface area contributed by atoms with E-state index < -0.39 is 0 Å². The second-order valence-corrected chi connectivity index (χ2v) is 7.03. The average Bonchev–Trinajstić information content (AvgIpc) is 2.96. The van der Waals surface area contributed by atoms with Gasteiger partial charge in [0.1, 0.15) is 0 Å². The molecule has 19 heavy (non-hydrogen) atoms. The van der Waals surface area contributed by atoms with Crippen LogP contribution in [0.4, 0.5) is 0 Å². The van der Waals surface area contributed by atoms with Gasteiger partial charge >= 0.3 is 0 Å². The highest BCUT2D eigenvalue weighted by Gasteiger charge is 2.42. The van der Waals surface area contributed by atoms with Gasteiger partial charge in [-0.15, -0.1) is 0 Å². The molecule has 1 unspecified atom stereocenters. The zero-order valence-electron chi connectivity index (χ0n) is 13.1. The summed E-state index contributed by atoms with van der Waals surface area (Å²) in [5.41, 5.74) is 0.293. The minimum Gasteiger partial charge on any atom is -0.370 e. The van der Waals surface area contributed by atoms with E-state index in [2.05, 4.69) is 31.1 Å². The van der Waals surface area contributed by atoms with E-state index in [4.69, 9.17) is 4.74 Å². The van der Waals surface area contributed by atoms with Crippen molar-refractivity contribution in [3.8, 4) is 0 Å². The molecule has 1 saturated carbocycles. The van der Waals surface area contributed by atoms with Crippen LogP contribution in [0.15, 0.2) is 0 Å². The third-order valence-electron chi connectivity index (χ3n) is 4.59. The Kier molecular flexibility index (Phi) is 5.67. The second kappa shape index (κ2) is 7.05. The van der Waals surface area contributed by atoms with Crippen molar-refractivity contribution in [3.63, 3.8) is 0 Å². The van der Waals surface area contributed by atoms with Crippen molar-refractivity contribution in [1.29, 1.82) is 0 Å². The molecule has 1 spiro atoms. The monoisotopic (exact) mass is 268 g/mol. The van der Waals surface area contributed by atoms with Gasteiger partial charge in [0.25, 0.3) is 0 Å². The fraction of sp³-hybridized carbons (Fsp3) is 1.00. The van der Waals surface area contributed by atoms with Crippen LogP contribution in [0.1, 0.15) is 52.4 Å². The Bertz CT molecular complexity index is 261. The van der Waals surface area contributed by atoms with Crippen LogP contribution in [-0.4, -0.2) is 49.8 Å². The molecule has 112 valence electrons. The predicted molar refractivity (Wildman–Crippen MR) is 80.5 cm³/mol. The Hall–Kier alpha value is -0.120. The molecule has 1 aliphatic heterocycles. The summed E-state index contributed by atoms with van der Waals surface area (Å²) in [6.45, 7) is 8.95. The molecule has 2 aliphatic rings. The maximum absolute atomic E-state index is 6.36. The minimum atomic E-state index is 0.293. The van der Waals surface area contributed by atoms with Gasteiger partial charge in [-0.2, -0.15) is 0 Å². The number of hydrogen-bond acceptors (Lipinski definition) is 3. The van der Waals surface area contributed by atoms with Gasteiger partial charge in [0.2, 0.25) is 0 Å². The number of likely N-dealkylation sites (N-methyl/N-ethyl adjacent to an activating group) is 1. The van der Waals surface area contributed by atoms with Crippen molar-refractivity contribution in [2.45, 2.75) is 64.1 Å². The van der Waals surface area contributed by atoms with Crippen molar-refractivity contribution in [2.24, 2.45) is 5.92 Å². The number of hydrogen-bond donors (Lipinski definition) is 1. The molecular weight excluding hydrogens is 236 g/mol. The molecule has 2 fully saturated rings. The fourth-order valence-electron chi connectivity index (χ4n) is 3.51. The predicted octanol–water partition coefficient (Wildman–Crippen LogP) is 2.66. The SMILES string of the molecule is CC(C)CNCCN(C)CC1CCC2(CCCC2)O1. The van der Waals surface area contributed by atoms with Crippen LogP contribution in [-0.2, 0) is 4.74 Å². The van der Waals surface area contributed by atoms with Crippen molar-refractivity contribution < 1.29 is 4.74 Å². The summed E-state index contributed by atoms with van der Waals surface area (Å²) in [6.07, 6.45) is 8.42. The number of nitrogens with zero attached hydrogens (tertiary/aromatic N) is 1. The molecule has 1 saturated heterocycles. The maximum Gasteiger partial charge on any atom is 0.0710 e. The zero-order chi connectivity index (χ0) is 13.7. The maximum atomic E-state index is 6.36. The summed E-state index contributed by atoms with van der Waals surface area (Å²) in [4.78, 5) is 2.42. The highest BCUT2D eigenvalue weighted by atomic mass is 16.5. The van der Waals surface area contributed by atoms with E-state index in [1.165, 1.54) is 38.5 Å². The second-order valence-electron chi connectivity index (χ2n) is 7.03. The van der Waals surface area contributed by atoms with Crippen molar-refractivity contribution in [3.05, 3.63) is 0 Å². The third kappa shape index (κ3) is 4.73. The van der Waals surface area contributed by atoms with Gasteiger partial charge in [-0.05, 0) is 45.2 Å². The molecule has 1 N–H and O–H groups in total. The summed E-state index contributed by atoms with van der Waals surface area (Å²) in [5.74, 6) is 0.741. The molecule has 0 amide bonds. The fourth-order valence-corrected chi connectivity index (χ4v) is 3.51. The standard InChI is InChI=1S/C16H32N2O/c1-14(2)12-17-10-11-18(3)13-15-6-9-16(19-15)7-4-5-8-16/h14-15,17H,4-13H2,1-3H3. The van der Waals surface area contributed by atoms with Gasteiger partial charge < -0.3 is 15.0 Å². The van der Waals surface area contributed by atoms with Gasteiger partial charge in [0, 0.05) is 19.6 Å². The average molecular weight is 268 g/mol. The molecule has 0 aromatic heterocycles. The van der Waals surface area contributed by atoms with Gasteiger partial charge in [0.05, 0.1) is 11.7 Å². The molecular formula is C16H32N2O. The molecule has 3 nitrogen and oxygen atoms in total. The quantitative estimate of drug-likeness (QED) is 0.718. The largest absolute Gasteiger partial charge is 0.370 e. The summed E-state index contributed by atoms with van der Waals surface area (Å²) in [7, 11) is 2.22. The summed E-state index contributed by atoms with van der Waals surface area (Å²) >= 11 is 0. The van der Waals surface area contributed by atoms with Gasteiger partial charge in [-0.1, -0.05) is 26.7 Å². The Morgan fingerprint density at radius 3 is 2.68 bits per heavy atom. The molecule has 2 rings (SSSR count). The normalized spacial score (nSPS) is 26.1. The first-order chi connectivity index (χ1) is 9.10. The summed E-state index contributed by atoms with van der Waals surface area (Å²) in [6, 6.07) is 0. The van der Waals surface area contributed by atoms with Crippen LogP contribution < -0.4 is 5.32 Å². The Balaban J connectivity index is 1.59. The Morgan fingerprint density at radius 1 is 1.26 bits per heavy atom. The lowest BCUT2D eigenvalue weighted by Gasteiger charge is -2.26. The lowest BCUT2D eigenvalue weighted by atomic mass is 9.98. The molecule has 0 bridgehead atoms. The lowest BCUT2D eigenvalue weighted by molar-refractivity contribution is -0.0449. The first kappa shape index (κ1) is 15.3. The van der Waals surface area contributed by atoms with Crippen LogP contribution in [0.25, 0.3) is 0 Å². The number of rotatable bonds is 7. The van der Waals surface area contributed by atoms with Crippen molar-refractivity contribution >= 4 is 0 Å². The molecule has 0 aromatic carbocycles. The third-order valence-corrected chi connectivity index (χ3v) is 4.59. The summed E-state index contributed by atoms with van der Waals surface area (Å²) in [5, 5.41) is 3.51. The Labute approximate surface area is 119 Å². The molecule has 0 radical (unpaired) electrons. The van der Waals surface area contributed by atoms with Crippen molar-refractivity contribution in [1.82, 2.24) is 10.2 Å². The van der Waals surface area contributed by atoms with Crippen LogP contribution in [0.3, 0.4) is 0 Å². The van der Waals surface area contributed by atoms with Crippen LogP contribution in [0.2, 0.25) is 0 Å². The molecule has 1 atom stereocenters. The molecule has 1 heterocycles. The van der Waals surface area contributed by atoms with Crippen molar-refractivity contribution in [2.75, 3.05) is 33.2 Å². The van der Waals surface area contributed by atoms with E-state index in [-0.39, 0.29) is 0 Å². The van der Waals surface area contributed by atoms with E-state index in [1.807, 2.05) is 0 Å². The van der Waals surface area contributed by atoms with E-state index in [9.17, 15) is 0 Å². The van der Waals surface area contributed by atoms with Crippen LogP contribution in [0, 0.1) is 5.92 Å². The lowest BCUT2D eigenvalue weighted by Crippen LogP contribution is -2.36. The van der Waals surface area contributed by atoms with E-state index in [0.29, 0.717) is 11.7 Å². The molecule has 1 aliphatic carbocycles. The highest BCUT2D eigenvalue weighted by molar-refractivity contribution is 4.93. The minimum absolute atomic E-state index is 0.293. The van der Waals surface area contributed by atoms with Crippen LogP contribution in [0.5, 0.6) is 0 Å². The first-order valence-electron chi connectivity index (χ1n) is 8.17. The smallest absolute Gasteiger partial charge is 0.0710 e. The van der Waals surface area contributed by atoms with Gasteiger partial charge in [0.15, 0.2) is 0 Å². The van der Waals surface area contributed by atoms with Gasteiger partial charge in [-0.25, -0.2) is 0 Å². The topological polar surface area (TPSA) is 24.5 Å². The zero-order valence-corrected chi connectivity index (χ0v) is 13.1. The first-order valence-corrected chi connectivity index (χ1v) is 8.17. The summed E-state index contributed by atoms with van der Waals surface area (Å²) < 4.78 is 6.36.